The average Bonchev–Trinajstić information content (AvgIpc) is 2.98. The van der Waals surface area contributed by atoms with Gasteiger partial charge in [-0.1, -0.05) is 35.9 Å². The summed E-state index contributed by atoms with van der Waals surface area (Å²) in [7, 11) is 0. The molecule has 1 aromatic heterocycles. The summed E-state index contributed by atoms with van der Waals surface area (Å²) in [5, 5.41) is 11.2. The highest BCUT2D eigenvalue weighted by molar-refractivity contribution is 7.80. The summed E-state index contributed by atoms with van der Waals surface area (Å²) in [6.07, 6.45) is 3.47. The first-order valence-electron chi connectivity index (χ1n) is 7.19. The molecule has 24 heavy (non-hydrogen) atoms. The number of para-hydroxylation sites is 1. The topological polar surface area (TPSA) is 41.9 Å². The first-order valence-corrected chi connectivity index (χ1v) is 7.98. The van der Waals surface area contributed by atoms with Crippen LogP contribution < -0.4 is 10.6 Å². The van der Waals surface area contributed by atoms with Gasteiger partial charge in [-0.05, 0) is 42.0 Å². The second-order valence-electron chi connectivity index (χ2n) is 5.11. The van der Waals surface area contributed by atoms with Crippen LogP contribution in [0.15, 0.2) is 60.9 Å². The van der Waals surface area contributed by atoms with Crippen LogP contribution in [0.4, 0.5) is 15.8 Å². The van der Waals surface area contributed by atoms with E-state index >= 15 is 0 Å². The molecule has 7 heteroatoms. The number of nitrogens with one attached hydrogen (secondary N) is 2. The highest BCUT2D eigenvalue weighted by Crippen LogP contribution is 2.19. The molecule has 0 radical (unpaired) electrons. The van der Waals surface area contributed by atoms with Gasteiger partial charge in [0, 0.05) is 16.9 Å². The minimum absolute atomic E-state index is 0.357. The highest BCUT2D eigenvalue weighted by atomic mass is 35.5. The van der Waals surface area contributed by atoms with Crippen LogP contribution in [0, 0.1) is 5.82 Å². The molecule has 0 unspecified atom stereocenters. The van der Waals surface area contributed by atoms with Gasteiger partial charge in [-0.25, -0.2) is 4.39 Å². The fourth-order valence-electron chi connectivity index (χ4n) is 2.15. The molecule has 0 saturated heterocycles. The van der Waals surface area contributed by atoms with Crippen LogP contribution in [0.2, 0.25) is 5.02 Å². The Bertz CT molecular complexity index is 851. The average molecular weight is 361 g/mol. The van der Waals surface area contributed by atoms with Crippen molar-refractivity contribution in [2.75, 3.05) is 10.6 Å². The Balaban J connectivity index is 1.62. The smallest absolute Gasteiger partial charge is 0.175 e. The fourth-order valence-corrected chi connectivity index (χ4v) is 2.62. The Morgan fingerprint density at radius 3 is 2.62 bits per heavy atom. The van der Waals surface area contributed by atoms with E-state index in [1.54, 1.807) is 23.1 Å². The van der Waals surface area contributed by atoms with Gasteiger partial charge in [0.05, 0.1) is 18.4 Å². The molecule has 0 amide bonds. The highest BCUT2D eigenvalue weighted by Gasteiger charge is 2.06. The van der Waals surface area contributed by atoms with Gasteiger partial charge in [-0.2, -0.15) is 5.10 Å². The summed E-state index contributed by atoms with van der Waals surface area (Å²) in [5.74, 6) is -0.357. The second kappa shape index (κ2) is 7.42. The van der Waals surface area contributed by atoms with Crippen molar-refractivity contribution in [3.05, 3.63) is 77.3 Å². The maximum Gasteiger partial charge on any atom is 0.175 e. The number of thiocarbonyl (C=S) groups is 1. The van der Waals surface area contributed by atoms with Gasteiger partial charge < -0.3 is 10.6 Å². The summed E-state index contributed by atoms with van der Waals surface area (Å²) in [5.41, 5.74) is 2.44. The molecule has 0 saturated carbocycles. The lowest BCUT2D eigenvalue weighted by Crippen LogP contribution is -2.18. The molecule has 0 aliphatic carbocycles. The van der Waals surface area contributed by atoms with E-state index in [0.717, 1.165) is 16.9 Å². The van der Waals surface area contributed by atoms with E-state index in [1.807, 2.05) is 30.3 Å². The third-order valence-corrected chi connectivity index (χ3v) is 3.83. The molecule has 2 N–H and O–H groups in total. The predicted octanol–water partition coefficient (Wildman–Crippen LogP) is 4.53. The molecule has 0 fully saturated rings. The van der Waals surface area contributed by atoms with E-state index in [0.29, 0.717) is 16.7 Å². The van der Waals surface area contributed by atoms with E-state index in [2.05, 4.69) is 15.7 Å². The molecule has 1 heterocycles. The van der Waals surface area contributed by atoms with Gasteiger partial charge in [0.15, 0.2) is 5.11 Å². The summed E-state index contributed by atoms with van der Waals surface area (Å²) in [4.78, 5) is 0. The molecule has 3 aromatic rings. The second-order valence-corrected chi connectivity index (χ2v) is 5.92. The molecule has 0 bridgehead atoms. The summed E-state index contributed by atoms with van der Waals surface area (Å²) in [6, 6.07) is 14.0. The SMILES string of the molecule is Fc1ccc(Cn2cc(NC(=S)Nc3ccccc3)cn2)c(Cl)c1. The lowest BCUT2D eigenvalue weighted by Gasteiger charge is -2.08. The van der Waals surface area contributed by atoms with Crippen LogP contribution >= 0.6 is 23.8 Å². The Kier molecular flexibility index (Phi) is 5.08. The number of hydrogen-bond acceptors (Lipinski definition) is 2. The van der Waals surface area contributed by atoms with Crippen molar-refractivity contribution in [2.45, 2.75) is 6.54 Å². The number of anilines is 2. The molecular weight excluding hydrogens is 347 g/mol. The van der Waals surface area contributed by atoms with Crippen molar-refractivity contribution < 1.29 is 4.39 Å². The number of rotatable bonds is 4. The standard InChI is InChI=1S/C17H14ClFN4S/c18-16-8-13(19)7-6-12(16)10-23-11-15(9-20-23)22-17(24)21-14-4-2-1-3-5-14/h1-9,11H,10H2,(H2,21,22,24). The molecule has 2 aromatic carbocycles. The maximum atomic E-state index is 13.1. The zero-order chi connectivity index (χ0) is 16.9. The molecule has 3 rings (SSSR count). The predicted molar refractivity (Wildman–Crippen MR) is 99.0 cm³/mol. The first kappa shape index (κ1) is 16.4. The van der Waals surface area contributed by atoms with Crippen molar-refractivity contribution in [3.63, 3.8) is 0 Å². The van der Waals surface area contributed by atoms with Gasteiger partial charge in [0.25, 0.3) is 0 Å². The molecule has 4 nitrogen and oxygen atoms in total. The van der Waals surface area contributed by atoms with E-state index < -0.39 is 0 Å². The molecule has 0 atom stereocenters. The Labute approximate surface area is 149 Å². The molecule has 0 spiro atoms. The van der Waals surface area contributed by atoms with Crippen molar-refractivity contribution in [1.82, 2.24) is 9.78 Å². The Morgan fingerprint density at radius 1 is 1.12 bits per heavy atom. The van der Waals surface area contributed by atoms with Crippen LogP contribution in [0.25, 0.3) is 0 Å². The first-order chi connectivity index (χ1) is 11.6. The Hall–Kier alpha value is -2.44. The van der Waals surface area contributed by atoms with Gasteiger partial charge in [-0.15, -0.1) is 0 Å². The Morgan fingerprint density at radius 2 is 1.88 bits per heavy atom. The van der Waals surface area contributed by atoms with Crippen LogP contribution in [-0.4, -0.2) is 14.9 Å². The zero-order valence-corrected chi connectivity index (χ0v) is 14.1. The lowest BCUT2D eigenvalue weighted by molar-refractivity contribution is 0.624. The van der Waals surface area contributed by atoms with Crippen LogP contribution in [0.3, 0.4) is 0 Å². The number of benzene rings is 2. The molecule has 0 aliphatic rings. The van der Waals surface area contributed by atoms with E-state index in [4.69, 9.17) is 23.8 Å². The number of aromatic nitrogens is 2. The zero-order valence-electron chi connectivity index (χ0n) is 12.5. The third-order valence-electron chi connectivity index (χ3n) is 3.27. The number of halogens is 2. The molecule has 0 aliphatic heterocycles. The lowest BCUT2D eigenvalue weighted by atomic mass is 10.2. The number of hydrogen-bond donors (Lipinski definition) is 2. The van der Waals surface area contributed by atoms with Crippen molar-refractivity contribution in [3.8, 4) is 0 Å². The van der Waals surface area contributed by atoms with Crippen LogP contribution in [0.5, 0.6) is 0 Å². The summed E-state index contributed by atoms with van der Waals surface area (Å²) in [6.45, 7) is 0.444. The van der Waals surface area contributed by atoms with Gasteiger partial charge >= 0.3 is 0 Å². The van der Waals surface area contributed by atoms with Crippen molar-refractivity contribution in [1.29, 1.82) is 0 Å². The van der Waals surface area contributed by atoms with Gasteiger partial charge in [-0.3, -0.25) is 4.68 Å². The summed E-state index contributed by atoms with van der Waals surface area (Å²) < 4.78 is 14.8. The van der Waals surface area contributed by atoms with Gasteiger partial charge in [0.1, 0.15) is 5.82 Å². The van der Waals surface area contributed by atoms with E-state index in [9.17, 15) is 4.39 Å². The summed E-state index contributed by atoms with van der Waals surface area (Å²) >= 11 is 11.3. The maximum absolute atomic E-state index is 13.1. The van der Waals surface area contributed by atoms with Crippen molar-refractivity contribution in [2.24, 2.45) is 0 Å². The normalized spacial score (nSPS) is 10.4. The number of nitrogens with zero attached hydrogens (tertiary/aromatic N) is 2. The van der Waals surface area contributed by atoms with Crippen LogP contribution in [-0.2, 0) is 6.54 Å². The van der Waals surface area contributed by atoms with Gasteiger partial charge in [0.2, 0.25) is 0 Å². The van der Waals surface area contributed by atoms with Crippen LogP contribution in [0.1, 0.15) is 5.56 Å². The van der Waals surface area contributed by atoms with Crippen molar-refractivity contribution >= 4 is 40.3 Å². The molecule has 122 valence electrons. The quantitative estimate of drug-likeness (QED) is 0.671. The third kappa shape index (κ3) is 4.31. The molecular formula is C17H14ClFN4S. The fraction of sp³-hybridized carbons (Fsp3) is 0.0588. The monoisotopic (exact) mass is 360 g/mol. The van der Waals surface area contributed by atoms with E-state index in [1.165, 1.54) is 12.1 Å². The minimum atomic E-state index is -0.357. The minimum Gasteiger partial charge on any atom is -0.332 e. The van der Waals surface area contributed by atoms with E-state index in [-0.39, 0.29) is 5.82 Å². The largest absolute Gasteiger partial charge is 0.332 e.